The molecule has 0 bridgehead atoms. The summed E-state index contributed by atoms with van der Waals surface area (Å²) in [7, 11) is 0. The molecule has 0 aliphatic carbocycles. The Morgan fingerprint density at radius 3 is 2.60 bits per heavy atom. The van der Waals surface area contributed by atoms with Crippen LogP contribution in [0.5, 0.6) is 0 Å². The molecule has 0 radical (unpaired) electrons. The first-order chi connectivity index (χ1) is 11.9. The summed E-state index contributed by atoms with van der Waals surface area (Å²) in [5.41, 5.74) is 2.19. The molecule has 126 valence electrons. The van der Waals surface area contributed by atoms with Crippen LogP contribution in [0.25, 0.3) is 0 Å². The first-order valence-corrected chi connectivity index (χ1v) is 9.54. The summed E-state index contributed by atoms with van der Waals surface area (Å²) in [5, 5.41) is 6.54. The van der Waals surface area contributed by atoms with Crippen LogP contribution in [-0.2, 0) is 4.79 Å². The molecule has 5 rings (SSSR count). The molecule has 0 unspecified atom stereocenters. The lowest BCUT2D eigenvalue weighted by Crippen LogP contribution is -2.65. The molecular weight excluding hydrogens is 450 g/mol. The van der Waals surface area contributed by atoms with Gasteiger partial charge in [-0.05, 0) is 48.9 Å². The molecule has 1 spiro atoms. The van der Waals surface area contributed by atoms with Crippen LogP contribution < -0.4 is 15.5 Å². The van der Waals surface area contributed by atoms with Crippen LogP contribution in [0.4, 0.5) is 11.4 Å². The van der Waals surface area contributed by atoms with E-state index in [0.717, 1.165) is 25.9 Å². The van der Waals surface area contributed by atoms with Crippen molar-refractivity contribution in [2.75, 3.05) is 10.2 Å². The minimum Gasteiger partial charge on any atom is -0.359 e. The van der Waals surface area contributed by atoms with Gasteiger partial charge < -0.3 is 10.6 Å². The Morgan fingerprint density at radius 1 is 1.08 bits per heavy atom. The summed E-state index contributed by atoms with van der Waals surface area (Å²) in [6.07, 6.45) is 0. The molecule has 2 N–H and O–H groups in total. The number of carbonyl (C=O) groups excluding carboxylic acids is 2. The van der Waals surface area contributed by atoms with Crippen LogP contribution in [-0.4, -0.2) is 23.5 Å². The molecule has 3 heterocycles. The second kappa shape index (κ2) is 4.86. The number of rotatable bonds is 0. The van der Waals surface area contributed by atoms with Crippen molar-refractivity contribution in [3.05, 3.63) is 56.5 Å². The van der Waals surface area contributed by atoms with Gasteiger partial charge in [0.05, 0.1) is 17.3 Å². The van der Waals surface area contributed by atoms with Crippen LogP contribution in [0.3, 0.4) is 0 Å². The number of hydrogen-bond donors (Lipinski definition) is 2. The van der Waals surface area contributed by atoms with E-state index in [-0.39, 0.29) is 17.9 Å². The first kappa shape index (κ1) is 15.4. The lowest BCUT2D eigenvalue weighted by atomic mass is 9.86. The molecule has 1 fully saturated rings. The maximum absolute atomic E-state index is 13.4. The predicted molar refractivity (Wildman–Crippen MR) is 102 cm³/mol. The Labute approximate surface area is 161 Å². The van der Waals surface area contributed by atoms with Gasteiger partial charge in [-0.25, -0.2) is 0 Å². The molecule has 0 aromatic heterocycles. The number of fused-ring (bicyclic) bond motifs is 4. The van der Waals surface area contributed by atoms with Crippen molar-refractivity contribution in [3.63, 3.8) is 0 Å². The highest BCUT2D eigenvalue weighted by atomic mass is 79.9. The van der Waals surface area contributed by atoms with Crippen LogP contribution in [0, 0.1) is 0 Å². The molecule has 25 heavy (non-hydrogen) atoms. The van der Waals surface area contributed by atoms with Crippen molar-refractivity contribution in [3.8, 4) is 0 Å². The van der Waals surface area contributed by atoms with Gasteiger partial charge in [0.2, 0.25) is 5.91 Å². The lowest BCUT2D eigenvalue weighted by molar-refractivity contribution is -0.120. The van der Waals surface area contributed by atoms with E-state index in [1.54, 1.807) is 4.90 Å². The highest BCUT2D eigenvalue weighted by molar-refractivity contribution is 9.10. The van der Waals surface area contributed by atoms with Gasteiger partial charge in [0.25, 0.3) is 5.91 Å². The van der Waals surface area contributed by atoms with Gasteiger partial charge in [-0.15, -0.1) is 0 Å². The summed E-state index contributed by atoms with van der Waals surface area (Å²) in [6.45, 7) is 1.94. The van der Waals surface area contributed by atoms with E-state index in [1.807, 2.05) is 43.3 Å². The van der Waals surface area contributed by atoms with Crippen LogP contribution in [0.1, 0.15) is 28.8 Å². The number of amides is 2. The molecule has 2 amide bonds. The molecule has 2 aromatic rings. The van der Waals surface area contributed by atoms with E-state index in [0.29, 0.717) is 5.56 Å². The molecule has 7 heteroatoms. The van der Waals surface area contributed by atoms with Crippen molar-refractivity contribution in [2.24, 2.45) is 0 Å². The summed E-state index contributed by atoms with van der Waals surface area (Å²) in [6, 6.07) is 11.1. The number of halogens is 2. The maximum atomic E-state index is 13.4. The fraction of sp³-hybridized carbons (Fsp3) is 0.222. The van der Waals surface area contributed by atoms with Crippen molar-refractivity contribution < 1.29 is 9.59 Å². The topological polar surface area (TPSA) is 61.4 Å². The van der Waals surface area contributed by atoms with E-state index < -0.39 is 11.6 Å². The average molecular weight is 463 g/mol. The highest BCUT2D eigenvalue weighted by Gasteiger charge is 2.66. The number of nitrogens with zero attached hydrogens (tertiary/aromatic N) is 1. The molecule has 3 aliphatic rings. The largest absolute Gasteiger partial charge is 0.359 e. The number of hydrogen-bond acceptors (Lipinski definition) is 3. The van der Waals surface area contributed by atoms with Gasteiger partial charge in [-0.2, -0.15) is 0 Å². The van der Waals surface area contributed by atoms with Crippen LogP contribution >= 0.6 is 31.9 Å². The first-order valence-electron chi connectivity index (χ1n) is 7.95. The summed E-state index contributed by atoms with van der Waals surface area (Å²) < 4.78 is 1.74. The zero-order chi connectivity index (χ0) is 17.5. The monoisotopic (exact) mass is 461 g/mol. The second-order valence-electron chi connectivity index (χ2n) is 6.65. The smallest absolute Gasteiger partial charge is 0.262 e. The molecule has 1 saturated heterocycles. The number of nitrogens with one attached hydrogen (secondary N) is 2. The van der Waals surface area contributed by atoms with Crippen molar-refractivity contribution in [1.29, 1.82) is 0 Å². The fourth-order valence-electron chi connectivity index (χ4n) is 4.37. The Kier molecular flexibility index (Phi) is 2.99. The number of benzene rings is 2. The third-order valence-corrected chi connectivity index (χ3v) is 6.37. The summed E-state index contributed by atoms with van der Waals surface area (Å²) >= 11 is 6.92. The Morgan fingerprint density at radius 2 is 1.80 bits per heavy atom. The molecule has 0 saturated carbocycles. The van der Waals surface area contributed by atoms with Crippen LogP contribution in [0.15, 0.2) is 45.3 Å². The Hall–Kier alpha value is -1.86. The Balaban J connectivity index is 1.82. The third-order valence-electron chi connectivity index (χ3n) is 5.38. The van der Waals surface area contributed by atoms with Crippen molar-refractivity contribution in [1.82, 2.24) is 5.32 Å². The van der Waals surface area contributed by atoms with E-state index in [2.05, 4.69) is 42.5 Å². The lowest BCUT2D eigenvalue weighted by Gasteiger charge is -2.46. The van der Waals surface area contributed by atoms with Gasteiger partial charge in [-0.3, -0.25) is 14.5 Å². The minimum absolute atomic E-state index is 0.0600. The van der Waals surface area contributed by atoms with E-state index >= 15 is 0 Å². The number of carbonyl (C=O) groups is 2. The van der Waals surface area contributed by atoms with Gasteiger partial charge in [0, 0.05) is 14.6 Å². The maximum Gasteiger partial charge on any atom is 0.262 e. The summed E-state index contributed by atoms with van der Waals surface area (Å²) in [4.78, 5) is 27.9. The second-order valence-corrected chi connectivity index (χ2v) is 8.48. The van der Waals surface area contributed by atoms with Gasteiger partial charge in [0.1, 0.15) is 5.92 Å². The molecule has 5 nitrogen and oxygen atoms in total. The van der Waals surface area contributed by atoms with E-state index in [4.69, 9.17) is 0 Å². The zero-order valence-corrected chi connectivity index (χ0v) is 16.3. The fourth-order valence-corrected chi connectivity index (χ4v) is 5.11. The van der Waals surface area contributed by atoms with Gasteiger partial charge >= 0.3 is 0 Å². The number of anilines is 2. The third kappa shape index (κ3) is 1.77. The zero-order valence-electron chi connectivity index (χ0n) is 13.1. The van der Waals surface area contributed by atoms with E-state index in [1.165, 1.54) is 0 Å². The Bertz CT molecular complexity index is 977. The van der Waals surface area contributed by atoms with Crippen molar-refractivity contribution in [2.45, 2.75) is 24.5 Å². The normalized spacial score (nSPS) is 28.7. The van der Waals surface area contributed by atoms with Crippen LogP contribution in [0.2, 0.25) is 0 Å². The standard InChI is InChI=1S/C18H13Br2N3O2/c1-8-18-15(16(24)21-8)12-7-10(20)3-5-14(12)23(18)17(25)11-6-9(19)2-4-13(11)22-18/h2-8,15,22H,1H3,(H,21,24)/t8-,15+,18-/m0/s1. The quantitative estimate of drug-likeness (QED) is 0.628. The predicted octanol–water partition coefficient (Wildman–Crippen LogP) is 3.60. The van der Waals surface area contributed by atoms with Crippen molar-refractivity contribution >= 4 is 55.0 Å². The molecule has 3 aliphatic heterocycles. The van der Waals surface area contributed by atoms with Gasteiger partial charge in [0.15, 0.2) is 5.66 Å². The molecular formula is C18H13Br2N3O2. The minimum atomic E-state index is -0.821. The molecule has 3 atom stereocenters. The van der Waals surface area contributed by atoms with Gasteiger partial charge in [-0.1, -0.05) is 31.9 Å². The SMILES string of the molecule is C[C@@H]1NC(=O)[C@H]2c3cc(Br)ccc3N3C(=O)c4cc(Br)ccc4N[C@]123. The van der Waals surface area contributed by atoms with E-state index in [9.17, 15) is 9.59 Å². The highest BCUT2D eigenvalue weighted by Crippen LogP contribution is 2.55. The summed E-state index contributed by atoms with van der Waals surface area (Å²) in [5.74, 6) is -0.601. The average Bonchev–Trinajstić information content (AvgIpc) is 2.98. The molecule has 2 aromatic carbocycles.